The first kappa shape index (κ1) is 13.6. The van der Waals surface area contributed by atoms with Gasteiger partial charge in [-0.05, 0) is 18.5 Å². The first-order valence-electron chi connectivity index (χ1n) is 7.24. The normalized spacial score (nSPS) is 24.6. The van der Waals surface area contributed by atoms with E-state index in [1.165, 1.54) is 11.1 Å². The molecule has 0 spiro atoms. The molecule has 3 nitrogen and oxygen atoms in total. The molecular formula is C16H16ClN3S. The van der Waals surface area contributed by atoms with Crippen LogP contribution in [0.2, 0.25) is 5.15 Å². The minimum atomic E-state index is 0.519. The van der Waals surface area contributed by atoms with E-state index in [1.807, 2.05) is 11.8 Å². The number of likely N-dealkylation sites (tertiary alicyclic amines) is 1. The molecule has 1 aromatic heterocycles. The quantitative estimate of drug-likeness (QED) is 0.792. The van der Waals surface area contributed by atoms with Gasteiger partial charge in [-0.25, -0.2) is 9.97 Å². The van der Waals surface area contributed by atoms with E-state index in [1.54, 1.807) is 6.33 Å². The summed E-state index contributed by atoms with van der Waals surface area (Å²) in [6, 6.07) is 10.7. The Morgan fingerprint density at radius 3 is 2.95 bits per heavy atom. The van der Waals surface area contributed by atoms with Gasteiger partial charge in [-0.1, -0.05) is 41.9 Å². The number of nitrogens with zero attached hydrogens (tertiary/aromatic N) is 3. The first-order chi connectivity index (χ1) is 10.3. The van der Waals surface area contributed by atoms with Crippen LogP contribution >= 0.6 is 23.4 Å². The van der Waals surface area contributed by atoms with Crippen molar-refractivity contribution >= 4 is 23.4 Å². The molecule has 0 amide bonds. The van der Waals surface area contributed by atoms with Gasteiger partial charge in [0.15, 0.2) is 0 Å². The third-order valence-electron chi connectivity index (χ3n) is 4.32. The number of fused-ring (bicyclic) bond motifs is 3. The van der Waals surface area contributed by atoms with E-state index < -0.39 is 0 Å². The second kappa shape index (κ2) is 5.59. The van der Waals surface area contributed by atoms with Crippen molar-refractivity contribution in [1.82, 2.24) is 14.9 Å². The third-order valence-corrected chi connectivity index (χ3v) is 5.95. The Kier molecular flexibility index (Phi) is 3.61. The predicted molar refractivity (Wildman–Crippen MR) is 85.8 cm³/mol. The lowest BCUT2D eigenvalue weighted by molar-refractivity contribution is 0.212. The summed E-state index contributed by atoms with van der Waals surface area (Å²) >= 11 is 8.15. The highest BCUT2D eigenvalue weighted by Crippen LogP contribution is 2.50. The molecule has 1 aromatic carbocycles. The van der Waals surface area contributed by atoms with Gasteiger partial charge in [-0.15, -0.1) is 11.8 Å². The smallest absolute Gasteiger partial charge is 0.137 e. The van der Waals surface area contributed by atoms with Crippen LogP contribution < -0.4 is 0 Å². The second-order valence-corrected chi connectivity index (χ2v) is 7.24. The number of rotatable bonds is 2. The van der Waals surface area contributed by atoms with Crippen LogP contribution in [0.3, 0.4) is 0 Å². The topological polar surface area (TPSA) is 29.0 Å². The van der Waals surface area contributed by atoms with E-state index in [-0.39, 0.29) is 0 Å². The lowest BCUT2D eigenvalue weighted by atomic mass is 9.91. The minimum absolute atomic E-state index is 0.519. The Morgan fingerprint density at radius 1 is 1.24 bits per heavy atom. The van der Waals surface area contributed by atoms with Crippen LogP contribution in [0, 0.1) is 0 Å². The molecule has 1 fully saturated rings. The van der Waals surface area contributed by atoms with Crippen molar-refractivity contribution in [1.29, 1.82) is 0 Å². The maximum atomic E-state index is 6.28. The molecular weight excluding hydrogens is 302 g/mol. The molecule has 0 aliphatic carbocycles. The highest BCUT2D eigenvalue weighted by atomic mass is 35.5. The van der Waals surface area contributed by atoms with Crippen molar-refractivity contribution in [3.05, 3.63) is 52.9 Å². The summed E-state index contributed by atoms with van der Waals surface area (Å²) in [5.74, 6) is 0.519. The zero-order chi connectivity index (χ0) is 14.2. The lowest BCUT2D eigenvalue weighted by Gasteiger charge is -2.34. The average Bonchev–Trinajstić information content (AvgIpc) is 2.87. The summed E-state index contributed by atoms with van der Waals surface area (Å²) in [5.41, 5.74) is 2.57. The van der Waals surface area contributed by atoms with Gasteiger partial charge in [0.1, 0.15) is 16.5 Å². The van der Waals surface area contributed by atoms with E-state index >= 15 is 0 Å². The van der Waals surface area contributed by atoms with Crippen molar-refractivity contribution in [2.45, 2.75) is 29.2 Å². The van der Waals surface area contributed by atoms with E-state index in [4.69, 9.17) is 11.6 Å². The molecule has 5 heteroatoms. The van der Waals surface area contributed by atoms with Crippen LogP contribution in [-0.2, 0) is 6.54 Å². The Labute approximate surface area is 133 Å². The SMILES string of the molecule is Clc1ncnc2c1C1CCN(Cc3ccccc3)CC1S2. The fourth-order valence-corrected chi connectivity index (χ4v) is 5.14. The summed E-state index contributed by atoms with van der Waals surface area (Å²) in [5, 5.41) is 2.30. The molecule has 2 atom stereocenters. The molecule has 0 N–H and O–H groups in total. The Morgan fingerprint density at radius 2 is 2.10 bits per heavy atom. The van der Waals surface area contributed by atoms with Gasteiger partial charge >= 0.3 is 0 Å². The molecule has 2 aliphatic heterocycles. The summed E-state index contributed by atoms with van der Waals surface area (Å²) in [4.78, 5) is 11.1. The summed E-state index contributed by atoms with van der Waals surface area (Å²) in [7, 11) is 0. The maximum Gasteiger partial charge on any atom is 0.137 e. The molecule has 21 heavy (non-hydrogen) atoms. The van der Waals surface area contributed by atoms with E-state index in [0.717, 1.165) is 31.1 Å². The zero-order valence-electron chi connectivity index (χ0n) is 11.6. The maximum absolute atomic E-state index is 6.28. The van der Waals surface area contributed by atoms with Crippen LogP contribution in [0.5, 0.6) is 0 Å². The van der Waals surface area contributed by atoms with Crippen molar-refractivity contribution < 1.29 is 0 Å². The van der Waals surface area contributed by atoms with Gasteiger partial charge in [0, 0.05) is 29.8 Å². The number of benzene rings is 1. The zero-order valence-corrected chi connectivity index (χ0v) is 13.1. The number of piperidine rings is 1. The largest absolute Gasteiger partial charge is 0.298 e. The number of halogens is 1. The summed E-state index contributed by atoms with van der Waals surface area (Å²) in [6.45, 7) is 3.23. The Bertz CT molecular complexity index is 649. The standard InChI is InChI=1S/C16H16ClN3S/c17-15-14-12-6-7-20(8-11-4-2-1-3-5-11)9-13(12)21-16(14)19-10-18-15/h1-5,10,12-13H,6-9H2. The molecule has 108 valence electrons. The number of hydrogen-bond acceptors (Lipinski definition) is 4. The van der Waals surface area contributed by atoms with Crippen LogP contribution in [0.1, 0.15) is 23.5 Å². The number of thioether (sulfide) groups is 1. The van der Waals surface area contributed by atoms with Gasteiger partial charge < -0.3 is 0 Å². The van der Waals surface area contributed by atoms with Crippen molar-refractivity contribution in [2.24, 2.45) is 0 Å². The fourth-order valence-electron chi connectivity index (χ4n) is 3.32. The molecule has 2 aromatic rings. The third kappa shape index (κ3) is 2.56. The Hall–Kier alpha value is -1.10. The first-order valence-corrected chi connectivity index (χ1v) is 8.50. The van der Waals surface area contributed by atoms with Gasteiger partial charge in [-0.3, -0.25) is 4.90 Å². The van der Waals surface area contributed by atoms with Gasteiger partial charge in [-0.2, -0.15) is 0 Å². The van der Waals surface area contributed by atoms with Gasteiger partial charge in [0.2, 0.25) is 0 Å². The second-order valence-electron chi connectivity index (χ2n) is 5.66. The monoisotopic (exact) mass is 317 g/mol. The molecule has 0 saturated carbocycles. The van der Waals surface area contributed by atoms with Crippen molar-refractivity contribution in [2.75, 3.05) is 13.1 Å². The van der Waals surface area contributed by atoms with E-state index in [0.29, 0.717) is 16.3 Å². The van der Waals surface area contributed by atoms with Crippen LogP contribution in [0.4, 0.5) is 0 Å². The van der Waals surface area contributed by atoms with Crippen molar-refractivity contribution in [3.63, 3.8) is 0 Å². The summed E-state index contributed by atoms with van der Waals surface area (Å²) < 4.78 is 0. The van der Waals surface area contributed by atoms with E-state index in [2.05, 4.69) is 45.2 Å². The Balaban J connectivity index is 1.50. The summed E-state index contributed by atoms with van der Waals surface area (Å²) in [6.07, 6.45) is 2.72. The van der Waals surface area contributed by atoms with Crippen LogP contribution in [-0.4, -0.2) is 33.2 Å². The molecule has 2 unspecified atom stereocenters. The predicted octanol–water partition coefficient (Wildman–Crippen LogP) is 3.59. The molecule has 4 rings (SSSR count). The van der Waals surface area contributed by atoms with E-state index in [9.17, 15) is 0 Å². The van der Waals surface area contributed by atoms with Crippen LogP contribution in [0.15, 0.2) is 41.7 Å². The van der Waals surface area contributed by atoms with Crippen LogP contribution in [0.25, 0.3) is 0 Å². The molecule has 0 bridgehead atoms. The lowest BCUT2D eigenvalue weighted by Crippen LogP contribution is -2.39. The molecule has 1 saturated heterocycles. The average molecular weight is 318 g/mol. The fraction of sp³-hybridized carbons (Fsp3) is 0.375. The van der Waals surface area contributed by atoms with Gasteiger partial charge in [0.25, 0.3) is 0 Å². The number of aromatic nitrogens is 2. The molecule has 3 heterocycles. The molecule has 0 radical (unpaired) electrons. The minimum Gasteiger partial charge on any atom is -0.298 e. The van der Waals surface area contributed by atoms with Gasteiger partial charge in [0.05, 0.1) is 0 Å². The number of hydrogen-bond donors (Lipinski definition) is 0. The highest BCUT2D eigenvalue weighted by Gasteiger charge is 2.40. The molecule has 2 aliphatic rings. The van der Waals surface area contributed by atoms with Crippen molar-refractivity contribution in [3.8, 4) is 0 Å². The highest BCUT2D eigenvalue weighted by molar-refractivity contribution is 8.00.